The molecule has 0 bridgehead atoms. The molecule has 2 aliphatic rings. The van der Waals surface area contributed by atoms with Crippen molar-refractivity contribution in [3.8, 4) is 0 Å². The molecule has 9 aromatic carbocycles. The van der Waals surface area contributed by atoms with Crippen molar-refractivity contribution in [2.24, 2.45) is 15.3 Å². The maximum Gasteiger partial charge on any atom is 0.0917 e. The van der Waals surface area contributed by atoms with Gasteiger partial charge in [0.2, 0.25) is 0 Å². The molecule has 1 aromatic heterocycles. The van der Waals surface area contributed by atoms with Crippen LogP contribution in [0.2, 0.25) is 0 Å². The van der Waals surface area contributed by atoms with Crippen LogP contribution in [-0.2, 0) is 19.4 Å². The molecule has 9 heteroatoms. The third-order valence-electron chi connectivity index (χ3n) is 14.9. The smallest absolute Gasteiger partial charge is 0.0917 e. The van der Waals surface area contributed by atoms with Crippen molar-refractivity contribution in [3.05, 3.63) is 258 Å². The molecule has 0 saturated carbocycles. The van der Waals surface area contributed by atoms with Gasteiger partial charge in [-0.2, -0.15) is 15.3 Å². The van der Waals surface area contributed by atoms with Crippen LogP contribution in [-0.4, -0.2) is 55.4 Å². The lowest BCUT2D eigenvalue weighted by Crippen LogP contribution is -2.47. The lowest BCUT2D eigenvalue weighted by Gasteiger charge is -2.37. The van der Waals surface area contributed by atoms with Gasteiger partial charge < -0.3 is 14.4 Å². The Balaban J connectivity index is 0.940. The third-order valence-corrected chi connectivity index (χ3v) is 14.9. The summed E-state index contributed by atoms with van der Waals surface area (Å²) < 4.78 is 2.39. The third kappa shape index (κ3) is 10.7. The molecule has 1 unspecified atom stereocenters. The summed E-state index contributed by atoms with van der Waals surface area (Å²) >= 11 is 0. The Morgan fingerprint density at radius 3 is 1.44 bits per heavy atom. The summed E-state index contributed by atoms with van der Waals surface area (Å²) in [7, 11) is 0. The Morgan fingerprint density at radius 1 is 0.429 bits per heavy atom. The van der Waals surface area contributed by atoms with Gasteiger partial charge in [0.15, 0.2) is 0 Å². The van der Waals surface area contributed by atoms with E-state index in [1.807, 2.05) is 12.4 Å². The topological polar surface area (TPSA) is 58.2 Å². The molecule has 0 amide bonds. The summed E-state index contributed by atoms with van der Waals surface area (Å²) in [6.45, 7) is 6.32. The van der Waals surface area contributed by atoms with Gasteiger partial charge in [-0.3, -0.25) is 15.0 Å². The van der Waals surface area contributed by atoms with Crippen molar-refractivity contribution in [1.29, 1.82) is 0 Å². The predicted octanol–water partition coefficient (Wildman–Crippen LogP) is 15.3. The number of hydrogen-bond acceptors (Lipinski definition) is 8. The van der Waals surface area contributed by atoms with Gasteiger partial charge in [-0.15, -0.1) is 0 Å². The Morgan fingerprint density at radius 2 is 0.883 bits per heavy atom. The van der Waals surface area contributed by atoms with Gasteiger partial charge in [-0.1, -0.05) is 127 Å². The zero-order valence-corrected chi connectivity index (χ0v) is 43.6. The van der Waals surface area contributed by atoms with Gasteiger partial charge >= 0.3 is 0 Å². The first-order valence-corrected chi connectivity index (χ1v) is 27.2. The molecule has 0 fully saturated rings. The van der Waals surface area contributed by atoms with E-state index in [0.29, 0.717) is 13.1 Å². The lowest BCUT2D eigenvalue weighted by molar-refractivity contribution is 0.576. The zero-order chi connectivity index (χ0) is 51.8. The van der Waals surface area contributed by atoms with E-state index >= 15 is 0 Å². The van der Waals surface area contributed by atoms with Crippen LogP contribution in [0, 0.1) is 0 Å². The average molecular weight is 1010 g/mol. The minimum Gasteiger partial charge on any atom is -0.371 e. The van der Waals surface area contributed by atoms with Crippen LogP contribution in [0.4, 0.5) is 39.8 Å². The van der Waals surface area contributed by atoms with Gasteiger partial charge in [0, 0.05) is 64.2 Å². The van der Waals surface area contributed by atoms with Crippen molar-refractivity contribution >= 4 is 80.3 Å². The molecule has 3 heterocycles. The molecule has 9 nitrogen and oxygen atoms in total. The number of rotatable bonds is 18. The maximum absolute atomic E-state index is 5.54. The highest BCUT2D eigenvalue weighted by molar-refractivity contribution is 6.09. The molecule has 0 saturated heterocycles. The van der Waals surface area contributed by atoms with E-state index in [-0.39, 0.29) is 6.04 Å². The minimum absolute atomic E-state index is 0.299. The van der Waals surface area contributed by atoms with E-state index < -0.39 is 0 Å². The second-order valence-electron chi connectivity index (χ2n) is 19.9. The molecule has 0 radical (unpaired) electrons. The molecule has 1 atom stereocenters. The molecule has 0 spiro atoms. The highest BCUT2D eigenvalue weighted by atomic mass is 15.5. The van der Waals surface area contributed by atoms with Crippen molar-refractivity contribution in [1.82, 2.24) is 4.57 Å². The van der Waals surface area contributed by atoms with E-state index in [9.17, 15) is 0 Å². The molecule has 2 aliphatic heterocycles. The number of nitrogens with zero attached hydrogens (tertiary/aromatic N) is 9. The van der Waals surface area contributed by atoms with Crippen LogP contribution in [0.15, 0.2) is 246 Å². The largest absolute Gasteiger partial charge is 0.371 e. The SMILES string of the molecule is CCn1c2ccccc2c2cc(C=NN(CC(CN(N=Cc3ccc(N(c4ccccc4)c4ccccc4)cc3)c3ccccc3)N(N=Cc3cc4c5c(c3)CCCN5CCC4)c3ccccc3)c3ccccc3)ccc21. The summed E-state index contributed by atoms with van der Waals surface area (Å²) in [5, 5.41) is 25.2. The highest BCUT2D eigenvalue weighted by Crippen LogP contribution is 2.37. The highest BCUT2D eigenvalue weighted by Gasteiger charge is 2.28. The van der Waals surface area contributed by atoms with E-state index in [0.717, 1.165) is 83.3 Å². The molecule has 77 heavy (non-hydrogen) atoms. The van der Waals surface area contributed by atoms with Crippen LogP contribution in [0.25, 0.3) is 21.8 Å². The van der Waals surface area contributed by atoms with Gasteiger partial charge in [0.25, 0.3) is 0 Å². The number of para-hydroxylation sites is 6. The van der Waals surface area contributed by atoms with E-state index in [2.05, 4.69) is 273 Å². The van der Waals surface area contributed by atoms with E-state index in [1.54, 1.807) is 0 Å². The van der Waals surface area contributed by atoms with Gasteiger partial charge in [-0.05, 0) is 164 Å². The Hall–Kier alpha value is -9.21. The van der Waals surface area contributed by atoms with Crippen molar-refractivity contribution in [2.75, 3.05) is 51.0 Å². The van der Waals surface area contributed by atoms with Crippen molar-refractivity contribution < 1.29 is 0 Å². The fraction of sp³-hybridized carbons (Fsp3) is 0.162. The number of fused-ring (bicyclic) bond motifs is 3. The molecule has 0 N–H and O–H groups in total. The molecule has 10 aromatic rings. The predicted molar refractivity (Wildman–Crippen MR) is 325 cm³/mol. The number of aryl methyl sites for hydroxylation is 3. The maximum atomic E-state index is 5.54. The van der Waals surface area contributed by atoms with Crippen molar-refractivity contribution in [2.45, 2.75) is 45.2 Å². The first kappa shape index (κ1) is 48.7. The molecule has 0 aliphatic carbocycles. The fourth-order valence-electron chi connectivity index (χ4n) is 11.3. The van der Waals surface area contributed by atoms with Crippen LogP contribution >= 0.6 is 0 Å². The second kappa shape index (κ2) is 22.7. The molecule has 12 rings (SSSR count). The molecule has 380 valence electrons. The summed E-state index contributed by atoms with van der Waals surface area (Å²) in [4.78, 5) is 4.88. The number of benzene rings is 9. The Kier molecular flexibility index (Phi) is 14.4. The normalized spacial score (nSPS) is 13.6. The number of anilines is 7. The fourth-order valence-corrected chi connectivity index (χ4v) is 11.3. The van der Waals surface area contributed by atoms with Crippen LogP contribution < -0.4 is 24.8 Å². The first-order chi connectivity index (χ1) is 38.1. The Labute approximate surface area is 452 Å². The second-order valence-corrected chi connectivity index (χ2v) is 19.9. The standard InChI is InChI=1S/C68H63N9/c1-2-73-66-35-19-18-34-64(66)65-46-53(38-41-67(65)73)48-70-75(58-26-10-4-11-27-58)51-63(77(62-32-16-7-17-33-62)71-49-54-44-55-22-20-42-72-43-21-23-56(45-54)68(55)72)50-74(57-24-8-3-9-25-57)69-47-52-36-39-61(40-37-52)76(59-28-12-5-13-29-59)60-30-14-6-15-31-60/h3-19,24-41,44-49,63H,2,20-23,42-43,50-51H2,1H3. The number of hydrogen-bond donors (Lipinski definition) is 0. The Bertz CT molecular complexity index is 3580. The first-order valence-electron chi connectivity index (χ1n) is 27.2. The van der Waals surface area contributed by atoms with E-state index in [1.165, 1.54) is 51.5 Å². The average Bonchev–Trinajstić information content (AvgIpc) is 3.88. The van der Waals surface area contributed by atoms with Gasteiger partial charge in [0.05, 0.1) is 54.8 Å². The summed E-state index contributed by atoms with van der Waals surface area (Å²) in [5.41, 5.74) is 16.1. The van der Waals surface area contributed by atoms with Crippen LogP contribution in [0.5, 0.6) is 0 Å². The monoisotopic (exact) mass is 1010 g/mol. The van der Waals surface area contributed by atoms with Crippen LogP contribution in [0.3, 0.4) is 0 Å². The number of hydrazone groups is 3. The molecular weight excluding hydrogens is 943 g/mol. The van der Waals surface area contributed by atoms with E-state index in [4.69, 9.17) is 15.3 Å². The minimum atomic E-state index is -0.299. The summed E-state index contributed by atoms with van der Waals surface area (Å²) in [6.07, 6.45) is 10.6. The molecular formula is C68H63N9. The lowest BCUT2D eigenvalue weighted by atomic mass is 9.90. The summed E-state index contributed by atoms with van der Waals surface area (Å²) in [5.74, 6) is 0. The van der Waals surface area contributed by atoms with Crippen LogP contribution in [0.1, 0.15) is 47.6 Å². The summed E-state index contributed by atoms with van der Waals surface area (Å²) in [6, 6.07) is 81.0. The van der Waals surface area contributed by atoms with Gasteiger partial charge in [-0.25, -0.2) is 0 Å². The zero-order valence-electron chi connectivity index (χ0n) is 43.6. The number of aromatic nitrogens is 1. The quantitative estimate of drug-likeness (QED) is 0.0633. The van der Waals surface area contributed by atoms with Gasteiger partial charge in [0.1, 0.15) is 0 Å². The van der Waals surface area contributed by atoms with Crippen molar-refractivity contribution in [3.63, 3.8) is 0 Å².